The molecule has 0 bridgehead atoms. The monoisotopic (exact) mass is 265 g/mol. The molecule has 0 radical (unpaired) electrons. The van der Waals surface area contributed by atoms with Crippen molar-refractivity contribution in [2.75, 3.05) is 0 Å². The van der Waals surface area contributed by atoms with E-state index in [-0.39, 0.29) is 0 Å². The summed E-state index contributed by atoms with van der Waals surface area (Å²) in [6, 6.07) is 8.06. The van der Waals surface area contributed by atoms with Crippen LogP contribution < -0.4 is 5.32 Å². The third-order valence-corrected chi connectivity index (χ3v) is 2.66. The van der Waals surface area contributed by atoms with Crippen LogP contribution in [0.4, 0.5) is 0 Å². The van der Waals surface area contributed by atoms with E-state index in [9.17, 15) is 0 Å². The smallest absolute Gasteiger partial charge is 0.240 e. The Labute approximate surface area is 111 Å². The number of aromatic nitrogens is 2. The zero-order valence-electron chi connectivity index (χ0n) is 10.5. The van der Waals surface area contributed by atoms with E-state index in [0.29, 0.717) is 30.7 Å². The molecule has 0 fully saturated rings. The molecule has 1 aromatic heterocycles. The Kier molecular flexibility index (Phi) is 4.33. The van der Waals surface area contributed by atoms with E-state index in [0.717, 1.165) is 10.6 Å². The second-order valence-corrected chi connectivity index (χ2v) is 4.88. The fourth-order valence-electron chi connectivity index (χ4n) is 1.55. The fraction of sp³-hybridized carbons (Fsp3) is 0.385. The minimum atomic E-state index is 0.397. The summed E-state index contributed by atoms with van der Waals surface area (Å²) < 4.78 is 5.16. The van der Waals surface area contributed by atoms with Crippen molar-refractivity contribution in [2.24, 2.45) is 0 Å². The second-order valence-electron chi connectivity index (χ2n) is 4.45. The van der Waals surface area contributed by atoms with Crippen LogP contribution in [0, 0.1) is 0 Å². The van der Waals surface area contributed by atoms with Crippen LogP contribution >= 0.6 is 11.6 Å². The molecule has 0 aliphatic heterocycles. The zero-order valence-corrected chi connectivity index (χ0v) is 11.2. The van der Waals surface area contributed by atoms with Gasteiger partial charge in [0.15, 0.2) is 5.82 Å². The van der Waals surface area contributed by atoms with E-state index in [4.69, 9.17) is 16.1 Å². The van der Waals surface area contributed by atoms with Gasteiger partial charge in [0.2, 0.25) is 5.89 Å². The molecule has 5 heteroatoms. The zero-order chi connectivity index (χ0) is 13.0. The standard InChI is InChI=1S/C13H16ClN3O/c1-9(2)15-8-13-16-12(17-18-13)7-10-4-3-5-11(14)6-10/h3-6,9,15H,7-8H2,1-2H3. The maximum absolute atomic E-state index is 5.93. The molecule has 0 saturated carbocycles. The molecule has 0 amide bonds. The first kappa shape index (κ1) is 13.1. The Bertz CT molecular complexity index is 510. The van der Waals surface area contributed by atoms with Crippen molar-refractivity contribution < 1.29 is 4.52 Å². The largest absolute Gasteiger partial charge is 0.338 e. The van der Waals surface area contributed by atoms with Crippen molar-refractivity contribution in [2.45, 2.75) is 32.9 Å². The Morgan fingerprint density at radius 2 is 2.22 bits per heavy atom. The van der Waals surface area contributed by atoms with Crippen LogP contribution in [0.5, 0.6) is 0 Å². The SMILES string of the molecule is CC(C)NCc1nc(Cc2cccc(Cl)c2)no1. The normalized spacial score (nSPS) is 11.1. The van der Waals surface area contributed by atoms with E-state index >= 15 is 0 Å². The van der Waals surface area contributed by atoms with Crippen molar-refractivity contribution in [3.8, 4) is 0 Å². The lowest BCUT2D eigenvalue weighted by atomic mass is 10.1. The van der Waals surface area contributed by atoms with E-state index in [1.54, 1.807) is 0 Å². The minimum Gasteiger partial charge on any atom is -0.338 e. The molecule has 1 aromatic carbocycles. The molecular weight excluding hydrogens is 250 g/mol. The highest BCUT2D eigenvalue weighted by molar-refractivity contribution is 6.30. The van der Waals surface area contributed by atoms with E-state index in [1.807, 2.05) is 24.3 Å². The van der Waals surface area contributed by atoms with E-state index < -0.39 is 0 Å². The van der Waals surface area contributed by atoms with E-state index in [1.165, 1.54) is 0 Å². The van der Waals surface area contributed by atoms with Crippen LogP contribution in [0.2, 0.25) is 5.02 Å². The Morgan fingerprint density at radius 3 is 2.94 bits per heavy atom. The van der Waals surface area contributed by atoms with Crippen molar-refractivity contribution >= 4 is 11.6 Å². The molecule has 4 nitrogen and oxygen atoms in total. The van der Waals surface area contributed by atoms with Crippen molar-refractivity contribution in [1.29, 1.82) is 0 Å². The molecule has 0 aliphatic rings. The first-order valence-corrected chi connectivity index (χ1v) is 6.30. The van der Waals surface area contributed by atoms with Gasteiger partial charge in [-0.15, -0.1) is 0 Å². The second kappa shape index (κ2) is 5.98. The molecule has 2 rings (SSSR count). The van der Waals surface area contributed by atoms with Gasteiger partial charge in [0.25, 0.3) is 0 Å². The Balaban J connectivity index is 1.98. The van der Waals surface area contributed by atoms with Gasteiger partial charge in [-0.3, -0.25) is 0 Å². The average molecular weight is 266 g/mol. The summed E-state index contributed by atoms with van der Waals surface area (Å²) in [7, 11) is 0. The fourth-order valence-corrected chi connectivity index (χ4v) is 1.77. The summed E-state index contributed by atoms with van der Waals surface area (Å²) in [4.78, 5) is 4.32. The van der Waals surface area contributed by atoms with Gasteiger partial charge in [0, 0.05) is 17.5 Å². The molecule has 1 heterocycles. The molecule has 18 heavy (non-hydrogen) atoms. The number of rotatable bonds is 5. The molecule has 0 saturated heterocycles. The Hall–Kier alpha value is -1.39. The molecule has 0 spiro atoms. The summed E-state index contributed by atoms with van der Waals surface area (Å²) >= 11 is 5.93. The maximum Gasteiger partial charge on any atom is 0.240 e. The third kappa shape index (κ3) is 3.82. The number of nitrogens with zero attached hydrogens (tertiary/aromatic N) is 2. The molecule has 1 N–H and O–H groups in total. The number of hydrogen-bond donors (Lipinski definition) is 1. The van der Waals surface area contributed by atoms with Crippen LogP contribution in [0.3, 0.4) is 0 Å². The molecule has 0 atom stereocenters. The topological polar surface area (TPSA) is 51.0 Å². The number of benzene rings is 1. The van der Waals surface area contributed by atoms with Crippen molar-refractivity contribution in [1.82, 2.24) is 15.5 Å². The molecule has 0 unspecified atom stereocenters. The summed E-state index contributed by atoms with van der Waals surface area (Å²) in [5.74, 6) is 1.29. The van der Waals surface area contributed by atoms with Crippen molar-refractivity contribution in [3.63, 3.8) is 0 Å². The van der Waals surface area contributed by atoms with Crippen molar-refractivity contribution in [3.05, 3.63) is 46.6 Å². The summed E-state index contributed by atoms with van der Waals surface area (Å²) in [5.41, 5.74) is 1.08. The lowest BCUT2D eigenvalue weighted by molar-refractivity contribution is 0.358. The van der Waals surface area contributed by atoms with Gasteiger partial charge in [-0.2, -0.15) is 4.98 Å². The third-order valence-electron chi connectivity index (χ3n) is 2.42. The van der Waals surface area contributed by atoms with Gasteiger partial charge >= 0.3 is 0 Å². The molecule has 2 aromatic rings. The van der Waals surface area contributed by atoms with Gasteiger partial charge in [0.1, 0.15) is 0 Å². The predicted octanol–water partition coefficient (Wildman–Crippen LogP) is 2.81. The highest BCUT2D eigenvalue weighted by atomic mass is 35.5. The molecular formula is C13H16ClN3O. The van der Waals surface area contributed by atoms with Gasteiger partial charge in [-0.1, -0.05) is 42.7 Å². The van der Waals surface area contributed by atoms with Gasteiger partial charge in [0.05, 0.1) is 6.54 Å². The van der Waals surface area contributed by atoms with Crippen LogP contribution in [0.25, 0.3) is 0 Å². The highest BCUT2D eigenvalue weighted by Gasteiger charge is 2.07. The van der Waals surface area contributed by atoms with Gasteiger partial charge < -0.3 is 9.84 Å². The summed E-state index contributed by atoms with van der Waals surface area (Å²) in [6.07, 6.45) is 0.631. The van der Waals surface area contributed by atoms with Crippen LogP contribution in [0.15, 0.2) is 28.8 Å². The Morgan fingerprint density at radius 1 is 1.39 bits per heavy atom. The quantitative estimate of drug-likeness (QED) is 0.903. The van der Waals surface area contributed by atoms with Gasteiger partial charge in [-0.05, 0) is 17.7 Å². The molecule has 96 valence electrons. The van der Waals surface area contributed by atoms with Gasteiger partial charge in [-0.25, -0.2) is 0 Å². The average Bonchev–Trinajstić information content (AvgIpc) is 2.74. The lowest BCUT2D eigenvalue weighted by Gasteiger charge is -2.02. The molecule has 0 aliphatic carbocycles. The minimum absolute atomic E-state index is 0.397. The van der Waals surface area contributed by atoms with Crippen LogP contribution in [-0.2, 0) is 13.0 Å². The number of hydrogen-bond acceptors (Lipinski definition) is 4. The lowest BCUT2D eigenvalue weighted by Crippen LogP contribution is -2.21. The highest BCUT2D eigenvalue weighted by Crippen LogP contribution is 2.13. The predicted molar refractivity (Wildman–Crippen MR) is 70.5 cm³/mol. The van der Waals surface area contributed by atoms with E-state index in [2.05, 4.69) is 29.3 Å². The number of halogens is 1. The summed E-state index contributed by atoms with van der Waals surface area (Å²) in [6.45, 7) is 4.74. The first-order valence-electron chi connectivity index (χ1n) is 5.93. The summed E-state index contributed by atoms with van der Waals surface area (Å²) in [5, 5.41) is 7.90. The maximum atomic E-state index is 5.93. The van der Waals surface area contributed by atoms with Crippen LogP contribution in [-0.4, -0.2) is 16.2 Å². The first-order chi connectivity index (χ1) is 8.63. The van der Waals surface area contributed by atoms with Crippen LogP contribution in [0.1, 0.15) is 31.1 Å². The number of nitrogens with one attached hydrogen (secondary N) is 1.